The van der Waals surface area contributed by atoms with Gasteiger partial charge in [0.1, 0.15) is 5.75 Å². The molecule has 0 aliphatic rings. The number of esters is 1. The molecule has 1 unspecified atom stereocenters. The lowest BCUT2D eigenvalue weighted by Crippen LogP contribution is -2.07. The number of carbonyl (C=O) groups excluding carboxylic acids is 1. The molecule has 2 aromatic carbocycles. The summed E-state index contributed by atoms with van der Waals surface area (Å²) < 4.78 is 5.49. The highest BCUT2D eigenvalue weighted by atomic mass is 16.5. The number of ether oxygens (including phenoxy) is 1. The lowest BCUT2D eigenvalue weighted by molar-refractivity contribution is -0.134. The topological polar surface area (TPSA) is 52.1 Å². The molecule has 0 bridgehead atoms. The minimum absolute atomic E-state index is 0.171. The van der Waals surface area contributed by atoms with E-state index in [-0.39, 0.29) is 5.97 Å². The molecule has 0 spiro atoms. The molecule has 198 valence electrons. The standard InChI is InChI=1S/C33H44N2O2/c1-4-6-7-8-9-10-14-27-16-18-28(19-17-27)30-24-34-33(35-25-30)29-20-22-31(23-21-29)37-32(36)15-12-11-13-26(3)5-2/h16-26H,4-15H2,1-3H3. The maximum absolute atomic E-state index is 12.1. The van der Waals surface area contributed by atoms with Crippen LogP contribution in [-0.4, -0.2) is 15.9 Å². The number of aromatic nitrogens is 2. The van der Waals surface area contributed by atoms with Gasteiger partial charge < -0.3 is 4.74 Å². The van der Waals surface area contributed by atoms with Crippen molar-refractivity contribution >= 4 is 5.97 Å². The molecular weight excluding hydrogens is 456 g/mol. The maximum Gasteiger partial charge on any atom is 0.311 e. The summed E-state index contributed by atoms with van der Waals surface area (Å²) in [5, 5.41) is 0. The van der Waals surface area contributed by atoms with Crippen molar-refractivity contribution in [2.24, 2.45) is 5.92 Å². The van der Waals surface area contributed by atoms with Crippen molar-refractivity contribution in [3.8, 4) is 28.3 Å². The fourth-order valence-corrected chi connectivity index (χ4v) is 4.42. The van der Waals surface area contributed by atoms with E-state index < -0.39 is 0 Å². The SMILES string of the molecule is CCCCCCCCc1ccc(-c2cnc(-c3ccc(OC(=O)CCCCC(C)CC)cc3)nc2)cc1. The summed E-state index contributed by atoms with van der Waals surface area (Å²) in [6.45, 7) is 6.72. The molecule has 0 radical (unpaired) electrons. The summed E-state index contributed by atoms with van der Waals surface area (Å²) in [6, 6.07) is 16.2. The van der Waals surface area contributed by atoms with Crippen LogP contribution >= 0.6 is 0 Å². The molecule has 0 aliphatic carbocycles. The van der Waals surface area contributed by atoms with Crippen molar-refractivity contribution in [2.75, 3.05) is 0 Å². The molecule has 3 aromatic rings. The molecule has 4 heteroatoms. The number of carbonyl (C=O) groups is 1. The van der Waals surface area contributed by atoms with Gasteiger partial charge in [-0.3, -0.25) is 4.79 Å². The zero-order chi connectivity index (χ0) is 26.3. The average Bonchev–Trinajstić information content (AvgIpc) is 2.94. The Bertz CT molecular complexity index is 1040. The predicted molar refractivity (Wildman–Crippen MR) is 154 cm³/mol. The van der Waals surface area contributed by atoms with Crippen LogP contribution < -0.4 is 4.74 Å². The minimum Gasteiger partial charge on any atom is -0.427 e. The third-order valence-corrected chi connectivity index (χ3v) is 7.13. The number of aryl methyl sites for hydroxylation is 1. The van der Waals surface area contributed by atoms with Crippen LogP contribution in [0.2, 0.25) is 0 Å². The normalized spacial score (nSPS) is 11.9. The number of hydrogen-bond acceptors (Lipinski definition) is 4. The van der Waals surface area contributed by atoms with Crippen LogP contribution in [0.1, 0.15) is 97.0 Å². The molecule has 0 saturated carbocycles. The van der Waals surface area contributed by atoms with Crippen LogP contribution in [0, 0.1) is 5.92 Å². The van der Waals surface area contributed by atoms with E-state index in [9.17, 15) is 4.79 Å². The zero-order valence-corrected chi connectivity index (χ0v) is 23.0. The molecule has 0 N–H and O–H groups in total. The van der Waals surface area contributed by atoms with Gasteiger partial charge in [0.15, 0.2) is 5.82 Å². The average molecular weight is 501 g/mol. The fraction of sp³-hybridized carbons (Fsp3) is 0.485. The van der Waals surface area contributed by atoms with E-state index in [1.807, 2.05) is 36.7 Å². The second-order valence-electron chi connectivity index (χ2n) is 10.3. The van der Waals surface area contributed by atoms with Crippen LogP contribution in [0.3, 0.4) is 0 Å². The molecular formula is C33H44N2O2. The van der Waals surface area contributed by atoms with Crippen LogP contribution in [0.4, 0.5) is 0 Å². The van der Waals surface area contributed by atoms with Gasteiger partial charge in [0, 0.05) is 29.9 Å². The highest BCUT2D eigenvalue weighted by Gasteiger charge is 2.08. The van der Waals surface area contributed by atoms with Gasteiger partial charge in [-0.1, -0.05) is 96.4 Å². The molecule has 3 rings (SSSR count). The molecule has 0 amide bonds. The number of benzene rings is 2. The van der Waals surface area contributed by atoms with Crippen molar-refractivity contribution < 1.29 is 9.53 Å². The number of rotatable bonds is 16. The van der Waals surface area contributed by atoms with Crippen LogP contribution in [0.15, 0.2) is 60.9 Å². The quantitative estimate of drug-likeness (QED) is 0.112. The lowest BCUT2D eigenvalue weighted by atomic mass is 10.0. The van der Waals surface area contributed by atoms with E-state index in [0.717, 1.165) is 41.9 Å². The first-order chi connectivity index (χ1) is 18.1. The Morgan fingerprint density at radius 2 is 1.41 bits per heavy atom. The first-order valence-electron chi connectivity index (χ1n) is 14.3. The first kappa shape index (κ1) is 28.6. The van der Waals surface area contributed by atoms with E-state index in [0.29, 0.717) is 18.0 Å². The summed E-state index contributed by atoms with van der Waals surface area (Å²) >= 11 is 0. The van der Waals surface area contributed by atoms with Crippen LogP contribution in [-0.2, 0) is 11.2 Å². The summed E-state index contributed by atoms with van der Waals surface area (Å²) in [6.07, 6.45) is 17.6. The Morgan fingerprint density at radius 1 is 0.757 bits per heavy atom. The van der Waals surface area contributed by atoms with E-state index in [1.165, 1.54) is 56.9 Å². The highest BCUT2D eigenvalue weighted by molar-refractivity contribution is 5.72. The van der Waals surface area contributed by atoms with Gasteiger partial charge in [-0.15, -0.1) is 0 Å². The third-order valence-electron chi connectivity index (χ3n) is 7.13. The summed E-state index contributed by atoms with van der Waals surface area (Å²) in [7, 11) is 0. The largest absolute Gasteiger partial charge is 0.427 e. The van der Waals surface area contributed by atoms with Gasteiger partial charge in [-0.05, 0) is 60.6 Å². The molecule has 0 aliphatic heterocycles. The van der Waals surface area contributed by atoms with E-state index in [4.69, 9.17) is 4.74 Å². The van der Waals surface area contributed by atoms with Gasteiger partial charge in [-0.2, -0.15) is 0 Å². The number of unbranched alkanes of at least 4 members (excludes halogenated alkanes) is 6. The molecule has 1 atom stereocenters. The molecule has 0 fully saturated rings. The van der Waals surface area contributed by atoms with Crippen molar-refractivity contribution in [2.45, 2.75) is 97.8 Å². The third kappa shape index (κ3) is 10.1. The molecule has 0 saturated heterocycles. The summed E-state index contributed by atoms with van der Waals surface area (Å²) in [5.41, 5.74) is 4.43. The van der Waals surface area contributed by atoms with Crippen LogP contribution in [0.5, 0.6) is 5.75 Å². The van der Waals surface area contributed by atoms with Gasteiger partial charge in [0.05, 0.1) is 0 Å². The van der Waals surface area contributed by atoms with Crippen molar-refractivity contribution in [1.29, 1.82) is 0 Å². The monoisotopic (exact) mass is 500 g/mol. The van der Waals surface area contributed by atoms with Crippen LogP contribution in [0.25, 0.3) is 22.5 Å². The number of hydrogen-bond donors (Lipinski definition) is 0. The fourth-order valence-electron chi connectivity index (χ4n) is 4.42. The number of nitrogens with zero attached hydrogens (tertiary/aromatic N) is 2. The first-order valence-corrected chi connectivity index (χ1v) is 14.3. The summed E-state index contributed by atoms with van der Waals surface area (Å²) in [5.74, 6) is 1.77. The Morgan fingerprint density at radius 3 is 2.08 bits per heavy atom. The van der Waals surface area contributed by atoms with Gasteiger partial charge in [-0.25, -0.2) is 9.97 Å². The predicted octanol–water partition coefficient (Wildman–Crippen LogP) is 9.23. The van der Waals surface area contributed by atoms with Gasteiger partial charge in [0.25, 0.3) is 0 Å². The minimum atomic E-state index is -0.171. The Labute approximate surface area is 223 Å². The summed E-state index contributed by atoms with van der Waals surface area (Å²) in [4.78, 5) is 21.3. The molecule has 37 heavy (non-hydrogen) atoms. The highest BCUT2D eigenvalue weighted by Crippen LogP contribution is 2.23. The second kappa shape index (κ2) is 16.0. The van der Waals surface area contributed by atoms with E-state index >= 15 is 0 Å². The zero-order valence-electron chi connectivity index (χ0n) is 23.0. The van der Waals surface area contributed by atoms with E-state index in [1.54, 1.807) is 0 Å². The van der Waals surface area contributed by atoms with E-state index in [2.05, 4.69) is 55.0 Å². The molecule has 1 heterocycles. The molecule has 4 nitrogen and oxygen atoms in total. The Balaban J connectivity index is 1.46. The van der Waals surface area contributed by atoms with Gasteiger partial charge in [0.2, 0.25) is 0 Å². The van der Waals surface area contributed by atoms with Gasteiger partial charge >= 0.3 is 5.97 Å². The molecule has 1 aromatic heterocycles. The smallest absolute Gasteiger partial charge is 0.311 e. The van der Waals surface area contributed by atoms with Crippen molar-refractivity contribution in [3.05, 3.63) is 66.5 Å². The van der Waals surface area contributed by atoms with Crippen molar-refractivity contribution in [1.82, 2.24) is 9.97 Å². The lowest BCUT2D eigenvalue weighted by Gasteiger charge is -2.08. The second-order valence-corrected chi connectivity index (χ2v) is 10.3. The van der Waals surface area contributed by atoms with Crippen molar-refractivity contribution in [3.63, 3.8) is 0 Å². The Hall–Kier alpha value is -3.01. The maximum atomic E-state index is 12.1. The Kier molecular flexibility index (Phi) is 12.3.